The highest BCUT2D eigenvalue weighted by Crippen LogP contribution is 2.36. The van der Waals surface area contributed by atoms with Gasteiger partial charge in [-0.25, -0.2) is 0 Å². The van der Waals surface area contributed by atoms with Crippen molar-refractivity contribution in [1.82, 2.24) is 15.1 Å². The van der Waals surface area contributed by atoms with Gasteiger partial charge >= 0.3 is 0 Å². The molecule has 0 radical (unpaired) electrons. The smallest absolute Gasteiger partial charge is 0.237 e. The van der Waals surface area contributed by atoms with E-state index in [9.17, 15) is 19.8 Å². The van der Waals surface area contributed by atoms with Crippen LogP contribution < -0.4 is 10.1 Å². The molecule has 0 spiro atoms. The molecule has 0 aliphatic carbocycles. The van der Waals surface area contributed by atoms with Crippen LogP contribution in [0, 0.1) is 11.8 Å². The molecule has 1 fully saturated rings. The van der Waals surface area contributed by atoms with E-state index in [0.717, 1.165) is 12.0 Å². The van der Waals surface area contributed by atoms with Gasteiger partial charge in [-0.1, -0.05) is 56.3 Å². The van der Waals surface area contributed by atoms with Crippen molar-refractivity contribution in [3.8, 4) is 5.75 Å². The molecule has 1 aliphatic heterocycles. The summed E-state index contributed by atoms with van der Waals surface area (Å²) in [5.41, 5.74) is 2.13. The molecule has 0 unspecified atom stereocenters. The number of hydrogen-bond donors (Lipinski definition) is 3. The fourth-order valence-corrected chi connectivity index (χ4v) is 5.91. The maximum Gasteiger partial charge on any atom is 0.237 e. The zero-order chi connectivity index (χ0) is 32.8. The average Bonchev–Trinajstić information content (AvgIpc) is 3.04. The highest BCUT2D eigenvalue weighted by Gasteiger charge is 2.37. The molecule has 1 heterocycles. The van der Waals surface area contributed by atoms with Gasteiger partial charge in [0.1, 0.15) is 24.1 Å². The Morgan fingerprint density at radius 3 is 2.47 bits per heavy atom. The third-order valence-corrected chi connectivity index (χ3v) is 8.64. The van der Waals surface area contributed by atoms with Gasteiger partial charge in [-0.05, 0) is 55.0 Å². The molecule has 0 aromatic heterocycles. The van der Waals surface area contributed by atoms with E-state index in [-0.39, 0.29) is 49.4 Å². The first-order valence-electron chi connectivity index (χ1n) is 16.1. The van der Waals surface area contributed by atoms with E-state index in [1.165, 1.54) is 19.6 Å². The molecular weight excluding hydrogens is 574 g/mol. The van der Waals surface area contributed by atoms with Crippen LogP contribution >= 0.6 is 0 Å². The minimum absolute atomic E-state index is 0.0262. The third kappa shape index (κ3) is 11.1. The summed E-state index contributed by atoms with van der Waals surface area (Å²) in [5.74, 6) is 0.374. The summed E-state index contributed by atoms with van der Waals surface area (Å²) in [6.07, 6.45) is -1.08. The molecule has 0 bridgehead atoms. The molecule has 1 aliphatic rings. The van der Waals surface area contributed by atoms with Crippen molar-refractivity contribution < 1.29 is 34.0 Å². The second-order valence-electron chi connectivity index (χ2n) is 12.2. The minimum atomic E-state index is -1.24. The number of aliphatic hydroxyl groups is 2. The summed E-state index contributed by atoms with van der Waals surface area (Å²) in [4.78, 5) is 30.8. The van der Waals surface area contributed by atoms with Crippen LogP contribution in [0.15, 0.2) is 54.6 Å². The second kappa shape index (κ2) is 18.8. The maximum absolute atomic E-state index is 14.1. The number of nitrogens with one attached hydrogen (secondary N) is 1. The van der Waals surface area contributed by atoms with Crippen LogP contribution in [0.1, 0.15) is 50.8 Å². The molecule has 2 aromatic carbocycles. The van der Waals surface area contributed by atoms with Crippen molar-refractivity contribution in [1.29, 1.82) is 0 Å². The Labute approximate surface area is 268 Å². The molecule has 0 saturated carbocycles. The van der Waals surface area contributed by atoms with Crippen LogP contribution in [0.3, 0.4) is 0 Å². The van der Waals surface area contributed by atoms with Crippen molar-refractivity contribution in [2.75, 3.05) is 60.2 Å². The van der Waals surface area contributed by atoms with Gasteiger partial charge in [-0.2, -0.15) is 0 Å². The fraction of sp³-hybridized carbons (Fsp3) is 0.600. The van der Waals surface area contributed by atoms with Crippen molar-refractivity contribution in [3.05, 3.63) is 65.7 Å². The molecule has 250 valence electrons. The van der Waals surface area contributed by atoms with E-state index in [0.29, 0.717) is 44.8 Å². The predicted octanol–water partition coefficient (Wildman–Crippen LogP) is 3.07. The lowest BCUT2D eigenvalue weighted by Crippen LogP contribution is -2.51. The van der Waals surface area contributed by atoms with Crippen LogP contribution in [0.2, 0.25) is 0 Å². The zero-order valence-electron chi connectivity index (χ0n) is 27.6. The predicted molar refractivity (Wildman–Crippen MR) is 174 cm³/mol. The number of hydrogen-bond acceptors (Lipinski definition) is 8. The van der Waals surface area contributed by atoms with E-state index in [1.807, 2.05) is 47.4 Å². The molecule has 3 N–H and O–H groups in total. The van der Waals surface area contributed by atoms with Crippen molar-refractivity contribution in [3.63, 3.8) is 0 Å². The second-order valence-corrected chi connectivity index (χ2v) is 12.2. The number of rotatable bonds is 9. The first-order chi connectivity index (χ1) is 21.7. The molecule has 2 aromatic rings. The van der Waals surface area contributed by atoms with Crippen LogP contribution in [0.25, 0.3) is 0 Å². The van der Waals surface area contributed by atoms with Crippen molar-refractivity contribution in [2.24, 2.45) is 11.8 Å². The van der Waals surface area contributed by atoms with Crippen LogP contribution in [0.5, 0.6) is 5.75 Å². The first kappa shape index (κ1) is 36.4. The lowest BCUT2D eigenvalue weighted by molar-refractivity contribution is -0.139. The molecule has 10 nitrogen and oxygen atoms in total. The standard InChI is InChI=1S/C35H53N3O7/c1-25(2)30-22-37(26(3)39)23-32(44-5)35(42)31(40)24-45-19-10-9-18-38(34(30)28-14-11-15-29(20-28)43-4)33(41)21-36-17-16-27-12-7-6-8-13-27/h6-8,11-15,20,25,30-32,34-36,40,42H,9-10,16-19,21-24H2,1-5H3/t30-,31+,32+,34-,35+/m1/s1. The SMILES string of the molecule is COc1cccc([C@@H]2[C@@H](C(C)C)CN(C(C)=O)C[C@H](OC)[C@@H](O)[C@@H](O)COCCCCN2C(=O)CNCCc2ccccc2)c1. The number of nitrogens with zero attached hydrogens (tertiary/aromatic N) is 2. The Morgan fingerprint density at radius 1 is 1.04 bits per heavy atom. The van der Waals surface area contributed by atoms with E-state index in [1.54, 1.807) is 12.0 Å². The zero-order valence-corrected chi connectivity index (χ0v) is 27.6. The monoisotopic (exact) mass is 627 g/mol. The fourth-order valence-electron chi connectivity index (χ4n) is 5.91. The summed E-state index contributed by atoms with van der Waals surface area (Å²) in [6, 6.07) is 17.6. The van der Waals surface area contributed by atoms with Gasteiger partial charge in [0.25, 0.3) is 0 Å². The molecule has 45 heavy (non-hydrogen) atoms. The lowest BCUT2D eigenvalue weighted by Gasteiger charge is -2.42. The van der Waals surface area contributed by atoms with Crippen LogP contribution in [-0.4, -0.2) is 110 Å². The summed E-state index contributed by atoms with van der Waals surface area (Å²) >= 11 is 0. The van der Waals surface area contributed by atoms with E-state index in [2.05, 4.69) is 31.3 Å². The van der Waals surface area contributed by atoms with Crippen molar-refractivity contribution in [2.45, 2.75) is 64.4 Å². The van der Waals surface area contributed by atoms with E-state index >= 15 is 0 Å². The summed E-state index contributed by atoms with van der Waals surface area (Å²) in [7, 11) is 3.08. The summed E-state index contributed by atoms with van der Waals surface area (Å²) in [5, 5.41) is 24.9. The number of carbonyl (C=O) groups is 2. The van der Waals surface area contributed by atoms with Gasteiger partial charge < -0.3 is 39.5 Å². The number of benzene rings is 2. The number of aliphatic hydroxyl groups excluding tert-OH is 2. The minimum Gasteiger partial charge on any atom is -0.497 e. The number of carbonyl (C=O) groups excluding carboxylic acids is 2. The number of ether oxygens (including phenoxy) is 3. The molecule has 3 rings (SSSR count). The Bertz CT molecular complexity index is 1160. The topological polar surface area (TPSA) is 121 Å². The summed E-state index contributed by atoms with van der Waals surface area (Å²) in [6.45, 7) is 7.73. The van der Waals surface area contributed by atoms with Crippen LogP contribution in [0.4, 0.5) is 0 Å². The molecule has 1 saturated heterocycles. The highest BCUT2D eigenvalue weighted by atomic mass is 16.5. The molecular formula is C35H53N3O7. The van der Waals surface area contributed by atoms with Crippen LogP contribution in [-0.2, 0) is 25.5 Å². The molecule has 2 amide bonds. The molecule has 5 atom stereocenters. The third-order valence-electron chi connectivity index (χ3n) is 8.64. The van der Waals surface area contributed by atoms with Gasteiger partial charge in [0.15, 0.2) is 0 Å². The molecule has 10 heteroatoms. The average molecular weight is 628 g/mol. The quantitative estimate of drug-likeness (QED) is 0.363. The van der Waals surface area contributed by atoms with E-state index < -0.39 is 18.3 Å². The lowest BCUT2D eigenvalue weighted by atomic mass is 9.82. The normalized spacial score (nSPS) is 24.1. The van der Waals surface area contributed by atoms with Gasteiger partial charge in [-0.15, -0.1) is 0 Å². The Morgan fingerprint density at radius 2 is 1.80 bits per heavy atom. The first-order valence-corrected chi connectivity index (χ1v) is 16.1. The Hall–Kier alpha value is -3.02. The Kier molecular flexibility index (Phi) is 15.3. The maximum atomic E-state index is 14.1. The number of amides is 2. The van der Waals surface area contributed by atoms with E-state index in [4.69, 9.17) is 14.2 Å². The Balaban J connectivity index is 2.00. The van der Waals surface area contributed by atoms with Crippen molar-refractivity contribution >= 4 is 11.8 Å². The largest absolute Gasteiger partial charge is 0.497 e. The van der Waals surface area contributed by atoms with Gasteiger partial charge in [0.2, 0.25) is 11.8 Å². The summed E-state index contributed by atoms with van der Waals surface area (Å²) < 4.78 is 16.9. The van der Waals surface area contributed by atoms with Gasteiger partial charge in [-0.3, -0.25) is 9.59 Å². The number of methoxy groups -OCH3 is 2. The highest BCUT2D eigenvalue weighted by molar-refractivity contribution is 5.79. The van der Waals surface area contributed by atoms with Gasteiger partial charge in [0, 0.05) is 46.2 Å². The van der Waals surface area contributed by atoms with Gasteiger partial charge in [0.05, 0.1) is 26.3 Å².